The molecular weight excluding hydrogens is 236 g/mol. The molecule has 0 fully saturated rings. The summed E-state index contributed by atoms with van der Waals surface area (Å²) >= 11 is 0. The largest absolute Gasteiger partial charge is 0.399 e. The van der Waals surface area contributed by atoms with Crippen LogP contribution >= 0.6 is 0 Å². The van der Waals surface area contributed by atoms with Crippen molar-refractivity contribution in [2.75, 3.05) is 12.3 Å². The molecule has 1 amide bonds. The summed E-state index contributed by atoms with van der Waals surface area (Å²) in [5, 5.41) is 5.15. The lowest BCUT2D eigenvalue weighted by Crippen LogP contribution is -2.22. The maximum Gasteiger partial charge on any atom is 0.216 e. The molecule has 0 aliphatic rings. The molecule has 2 rings (SSSR count). The molecule has 0 bridgehead atoms. The number of amides is 1. The highest BCUT2D eigenvalue weighted by molar-refractivity contribution is 5.88. The van der Waals surface area contributed by atoms with Gasteiger partial charge in [-0.05, 0) is 34.9 Å². The zero-order valence-electron chi connectivity index (χ0n) is 11.9. The quantitative estimate of drug-likeness (QED) is 0.831. The maximum absolute atomic E-state index is 10.8. The molecule has 0 heterocycles. The number of nitrogens with two attached hydrogens (primary N) is 1. The van der Waals surface area contributed by atoms with Crippen LogP contribution in [0.4, 0.5) is 5.69 Å². The maximum atomic E-state index is 10.8. The number of nitrogens with one attached hydrogen (secondary N) is 1. The lowest BCUT2D eigenvalue weighted by atomic mass is 10.0. The molecule has 0 aromatic heterocycles. The number of anilines is 1. The third kappa shape index (κ3) is 4.28. The fraction of sp³-hybridized carbons (Fsp3) is 0.312. The second kappa shape index (κ2) is 7.41. The SMILES string of the molecule is CC.CC(=O)NCCc1cccc2ccc(N)cc12. The van der Waals surface area contributed by atoms with Crippen LogP contribution in [0.1, 0.15) is 26.3 Å². The van der Waals surface area contributed by atoms with E-state index in [1.165, 1.54) is 17.9 Å². The number of carbonyl (C=O) groups excluding carboxylic acids is 1. The number of benzene rings is 2. The van der Waals surface area contributed by atoms with Gasteiger partial charge in [0.05, 0.1) is 0 Å². The Bertz CT molecular complexity index is 549. The highest BCUT2D eigenvalue weighted by atomic mass is 16.1. The van der Waals surface area contributed by atoms with Crippen molar-refractivity contribution in [1.82, 2.24) is 5.32 Å². The summed E-state index contributed by atoms with van der Waals surface area (Å²) in [7, 11) is 0. The summed E-state index contributed by atoms with van der Waals surface area (Å²) in [5.41, 5.74) is 7.78. The van der Waals surface area contributed by atoms with E-state index in [2.05, 4.69) is 17.4 Å². The molecule has 3 heteroatoms. The molecule has 0 spiro atoms. The standard InChI is InChI=1S/C14H16N2O.C2H6/c1-10(17)16-8-7-12-4-2-3-11-5-6-13(15)9-14(11)12;1-2/h2-6,9H,7-8,15H2,1H3,(H,16,17);1-2H3. The van der Waals surface area contributed by atoms with Crippen molar-refractivity contribution < 1.29 is 4.79 Å². The van der Waals surface area contributed by atoms with Crippen LogP contribution in [0.15, 0.2) is 36.4 Å². The first kappa shape index (κ1) is 15.0. The van der Waals surface area contributed by atoms with E-state index in [4.69, 9.17) is 5.73 Å². The highest BCUT2D eigenvalue weighted by Gasteiger charge is 2.01. The molecule has 2 aromatic rings. The van der Waals surface area contributed by atoms with Gasteiger partial charge in [0.25, 0.3) is 0 Å². The van der Waals surface area contributed by atoms with Gasteiger partial charge in [0.2, 0.25) is 5.91 Å². The summed E-state index contributed by atoms with van der Waals surface area (Å²) < 4.78 is 0. The molecule has 0 aliphatic carbocycles. The zero-order chi connectivity index (χ0) is 14.3. The smallest absolute Gasteiger partial charge is 0.216 e. The topological polar surface area (TPSA) is 55.1 Å². The number of hydrogen-bond donors (Lipinski definition) is 2. The normalized spacial score (nSPS) is 9.63. The Hall–Kier alpha value is -2.03. The van der Waals surface area contributed by atoms with E-state index < -0.39 is 0 Å². The van der Waals surface area contributed by atoms with Crippen LogP contribution < -0.4 is 11.1 Å². The molecule has 2 aromatic carbocycles. The average Bonchev–Trinajstić information content (AvgIpc) is 2.41. The Labute approximate surface area is 114 Å². The summed E-state index contributed by atoms with van der Waals surface area (Å²) in [4.78, 5) is 10.8. The minimum absolute atomic E-state index is 0.00440. The van der Waals surface area contributed by atoms with Gasteiger partial charge in [-0.3, -0.25) is 4.79 Å². The average molecular weight is 258 g/mol. The summed E-state index contributed by atoms with van der Waals surface area (Å²) in [6, 6.07) is 12.1. The van der Waals surface area contributed by atoms with Crippen LogP contribution in [0.25, 0.3) is 10.8 Å². The van der Waals surface area contributed by atoms with Gasteiger partial charge in [0.15, 0.2) is 0 Å². The van der Waals surface area contributed by atoms with Crippen LogP contribution in [0.2, 0.25) is 0 Å². The molecule has 19 heavy (non-hydrogen) atoms. The van der Waals surface area contributed by atoms with Crippen LogP contribution in [-0.2, 0) is 11.2 Å². The van der Waals surface area contributed by atoms with Crippen LogP contribution in [0.3, 0.4) is 0 Å². The molecule has 0 radical (unpaired) electrons. The predicted octanol–water partition coefficient (Wildman–Crippen LogP) is 3.13. The number of fused-ring (bicyclic) bond motifs is 1. The molecular formula is C16H22N2O. The molecule has 0 atom stereocenters. The van der Waals surface area contributed by atoms with Gasteiger partial charge in [0, 0.05) is 19.2 Å². The zero-order valence-corrected chi connectivity index (χ0v) is 11.9. The van der Waals surface area contributed by atoms with E-state index in [0.717, 1.165) is 17.5 Å². The fourth-order valence-electron chi connectivity index (χ4n) is 1.95. The molecule has 0 aliphatic heterocycles. The third-order valence-electron chi connectivity index (χ3n) is 2.76. The lowest BCUT2D eigenvalue weighted by molar-refractivity contribution is -0.118. The van der Waals surface area contributed by atoms with E-state index in [1.807, 2.05) is 38.1 Å². The molecule has 0 saturated heterocycles. The number of nitrogen functional groups attached to an aromatic ring is 1. The first-order chi connectivity index (χ1) is 9.16. The van der Waals surface area contributed by atoms with Crippen molar-refractivity contribution in [1.29, 1.82) is 0 Å². The van der Waals surface area contributed by atoms with E-state index in [9.17, 15) is 4.79 Å². The van der Waals surface area contributed by atoms with Crippen LogP contribution in [0.5, 0.6) is 0 Å². The number of rotatable bonds is 3. The van der Waals surface area contributed by atoms with Gasteiger partial charge in [-0.1, -0.05) is 38.1 Å². The molecule has 0 unspecified atom stereocenters. The first-order valence-electron chi connectivity index (χ1n) is 6.68. The monoisotopic (exact) mass is 258 g/mol. The van der Waals surface area contributed by atoms with Crippen molar-refractivity contribution in [3.63, 3.8) is 0 Å². The summed E-state index contributed by atoms with van der Waals surface area (Å²) in [5.74, 6) is 0.00440. The van der Waals surface area contributed by atoms with Gasteiger partial charge in [0.1, 0.15) is 0 Å². The Kier molecular flexibility index (Phi) is 5.86. The molecule has 3 N–H and O–H groups in total. The van der Waals surface area contributed by atoms with Crippen molar-refractivity contribution in [3.8, 4) is 0 Å². The van der Waals surface area contributed by atoms with Crippen molar-refractivity contribution in [3.05, 3.63) is 42.0 Å². The first-order valence-corrected chi connectivity index (χ1v) is 6.68. The second-order valence-corrected chi connectivity index (χ2v) is 4.13. The lowest BCUT2D eigenvalue weighted by Gasteiger charge is -2.07. The van der Waals surface area contributed by atoms with Crippen LogP contribution in [-0.4, -0.2) is 12.5 Å². The van der Waals surface area contributed by atoms with Crippen molar-refractivity contribution >= 4 is 22.4 Å². The van der Waals surface area contributed by atoms with E-state index in [1.54, 1.807) is 0 Å². The molecule has 102 valence electrons. The predicted molar refractivity (Wildman–Crippen MR) is 82.1 cm³/mol. The Morgan fingerprint density at radius 1 is 1.21 bits per heavy atom. The minimum Gasteiger partial charge on any atom is -0.399 e. The van der Waals surface area contributed by atoms with Crippen molar-refractivity contribution in [2.45, 2.75) is 27.2 Å². The van der Waals surface area contributed by atoms with Gasteiger partial charge < -0.3 is 11.1 Å². The summed E-state index contributed by atoms with van der Waals surface area (Å²) in [6.45, 7) is 6.18. The Morgan fingerprint density at radius 2 is 1.95 bits per heavy atom. The van der Waals surface area contributed by atoms with Crippen LogP contribution in [0, 0.1) is 0 Å². The number of carbonyl (C=O) groups is 1. The summed E-state index contributed by atoms with van der Waals surface area (Å²) in [6.07, 6.45) is 0.820. The Morgan fingerprint density at radius 3 is 2.63 bits per heavy atom. The van der Waals surface area contributed by atoms with E-state index >= 15 is 0 Å². The fourth-order valence-corrected chi connectivity index (χ4v) is 1.95. The third-order valence-corrected chi connectivity index (χ3v) is 2.76. The molecule has 3 nitrogen and oxygen atoms in total. The second-order valence-electron chi connectivity index (χ2n) is 4.13. The minimum atomic E-state index is 0.00440. The van der Waals surface area contributed by atoms with Gasteiger partial charge in [-0.25, -0.2) is 0 Å². The van der Waals surface area contributed by atoms with Gasteiger partial charge in [-0.2, -0.15) is 0 Å². The van der Waals surface area contributed by atoms with Gasteiger partial charge in [-0.15, -0.1) is 0 Å². The Balaban J connectivity index is 0.000000861. The van der Waals surface area contributed by atoms with Crippen molar-refractivity contribution in [2.24, 2.45) is 0 Å². The highest BCUT2D eigenvalue weighted by Crippen LogP contribution is 2.21. The number of hydrogen-bond acceptors (Lipinski definition) is 2. The van der Waals surface area contributed by atoms with E-state index in [-0.39, 0.29) is 5.91 Å². The van der Waals surface area contributed by atoms with Gasteiger partial charge >= 0.3 is 0 Å². The van der Waals surface area contributed by atoms with E-state index in [0.29, 0.717) is 6.54 Å². The molecule has 0 saturated carbocycles.